The van der Waals surface area contributed by atoms with Gasteiger partial charge in [-0.1, -0.05) is 30.3 Å². The Morgan fingerprint density at radius 2 is 1.47 bits per heavy atom. The molecule has 0 spiro atoms. The number of anilines is 2. The Morgan fingerprint density at radius 1 is 0.833 bits per heavy atom. The van der Waals surface area contributed by atoms with E-state index in [1.807, 2.05) is 12.1 Å². The maximum absolute atomic E-state index is 12.4. The number of rotatable bonds is 9. The van der Waals surface area contributed by atoms with Crippen molar-refractivity contribution >= 4 is 27.3 Å². The highest BCUT2D eigenvalue weighted by Gasteiger charge is 2.14. The molecule has 0 unspecified atom stereocenters. The second kappa shape index (κ2) is 9.80. The predicted molar refractivity (Wildman–Crippen MR) is 115 cm³/mol. The number of carbonyl (C=O) groups is 1. The van der Waals surface area contributed by atoms with Crippen LogP contribution in [0.3, 0.4) is 0 Å². The van der Waals surface area contributed by atoms with Crippen molar-refractivity contribution in [2.45, 2.75) is 11.3 Å². The third-order valence-corrected chi connectivity index (χ3v) is 5.53. The summed E-state index contributed by atoms with van der Waals surface area (Å²) >= 11 is 0. The molecule has 8 heteroatoms. The van der Waals surface area contributed by atoms with Crippen LogP contribution >= 0.6 is 0 Å². The zero-order valence-electron chi connectivity index (χ0n) is 16.4. The summed E-state index contributed by atoms with van der Waals surface area (Å²) in [5, 5.41) is 2.72. The molecule has 0 aromatic heterocycles. The molecule has 7 nitrogen and oxygen atoms in total. The lowest BCUT2D eigenvalue weighted by atomic mass is 10.3. The molecule has 3 aromatic carbocycles. The van der Waals surface area contributed by atoms with Crippen LogP contribution in [0.15, 0.2) is 83.8 Å². The fraction of sp³-hybridized carbons (Fsp3) is 0.136. The van der Waals surface area contributed by atoms with Gasteiger partial charge in [-0.15, -0.1) is 0 Å². The summed E-state index contributed by atoms with van der Waals surface area (Å²) in [4.78, 5) is 12.2. The van der Waals surface area contributed by atoms with Crippen LogP contribution in [0.5, 0.6) is 11.5 Å². The molecule has 3 rings (SSSR count). The average molecular weight is 426 g/mol. The molecule has 0 saturated carbocycles. The van der Waals surface area contributed by atoms with E-state index < -0.39 is 10.0 Å². The highest BCUT2D eigenvalue weighted by atomic mass is 32.2. The molecule has 156 valence electrons. The van der Waals surface area contributed by atoms with Gasteiger partial charge in [-0.05, 0) is 48.5 Å². The summed E-state index contributed by atoms with van der Waals surface area (Å²) in [6.07, 6.45) is 0.133. The lowest BCUT2D eigenvalue weighted by Gasteiger charge is -2.11. The SMILES string of the molecule is COc1ccccc1OCCC(=O)Nc1ccc(S(=O)(=O)Nc2ccccc2)cc1. The standard InChI is InChI=1S/C22H22N2O5S/c1-28-20-9-5-6-10-21(20)29-16-15-22(25)23-17-11-13-19(14-12-17)30(26,27)24-18-7-3-2-4-8-18/h2-14,24H,15-16H2,1H3,(H,23,25). The number of sulfonamides is 1. The molecule has 0 saturated heterocycles. The minimum absolute atomic E-state index is 0.101. The third kappa shape index (κ3) is 5.74. The first kappa shape index (κ1) is 21.2. The van der Waals surface area contributed by atoms with Gasteiger partial charge in [0, 0.05) is 11.4 Å². The summed E-state index contributed by atoms with van der Waals surface area (Å²) in [5.74, 6) is 0.912. The third-order valence-electron chi connectivity index (χ3n) is 4.13. The Bertz CT molecular complexity index is 1080. The van der Waals surface area contributed by atoms with Gasteiger partial charge in [-0.2, -0.15) is 0 Å². The summed E-state index contributed by atoms with van der Waals surface area (Å²) in [6, 6.07) is 21.8. The molecular formula is C22H22N2O5S. The molecule has 3 aromatic rings. The quantitative estimate of drug-likeness (QED) is 0.541. The number of methoxy groups -OCH3 is 1. The molecule has 0 aliphatic carbocycles. The van der Waals surface area contributed by atoms with Gasteiger partial charge in [0.2, 0.25) is 5.91 Å². The van der Waals surface area contributed by atoms with Crippen molar-refractivity contribution in [2.24, 2.45) is 0 Å². The second-order valence-electron chi connectivity index (χ2n) is 6.29. The monoisotopic (exact) mass is 426 g/mol. The van der Waals surface area contributed by atoms with Crippen molar-refractivity contribution in [3.05, 3.63) is 78.9 Å². The summed E-state index contributed by atoms with van der Waals surface area (Å²) < 4.78 is 38.2. The van der Waals surface area contributed by atoms with Crippen LogP contribution in [0, 0.1) is 0 Å². The molecule has 1 amide bonds. The van der Waals surface area contributed by atoms with E-state index in [0.717, 1.165) is 0 Å². The Morgan fingerprint density at radius 3 is 2.13 bits per heavy atom. The van der Waals surface area contributed by atoms with E-state index in [9.17, 15) is 13.2 Å². The molecule has 30 heavy (non-hydrogen) atoms. The van der Waals surface area contributed by atoms with Crippen LogP contribution in [0.25, 0.3) is 0 Å². The molecule has 0 radical (unpaired) electrons. The van der Waals surface area contributed by atoms with Crippen LogP contribution < -0.4 is 19.5 Å². The first-order valence-corrected chi connectivity index (χ1v) is 10.7. The molecule has 0 aliphatic rings. The van der Waals surface area contributed by atoms with Crippen molar-refractivity contribution in [3.63, 3.8) is 0 Å². The highest BCUT2D eigenvalue weighted by molar-refractivity contribution is 7.92. The van der Waals surface area contributed by atoms with E-state index in [2.05, 4.69) is 10.0 Å². The Kier molecular flexibility index (Phi) is 6.92. The first-order valence-electron chi connectivity index (χ1n) is 9.21. The molecule has 0 atom stereocenters. The Labute approximate surface area is 175 Å². The molecule has 0 bridgehead atoms. The zero-order valence-corrected chi connectivity index (χ0v) is 17.2. The Balaban J connectivity index is 1.53. The van der Waals surface area contributed by atoms with Crippen molar-refractivity contribution in [3.8, 4) is 11.5 Å². The number of amides is 1. The van der Waals surface area contributed by atoms with Gasteiger partial charge in [0.05, 0.1) is 25.0 Å². The van der Waals surface area contributed by atoms with Crippen molar-refractivity contribution in [1.82, 2.24) is 0 Å². The zero-order chi connectivity index (χ0) is 21.4. The number of benzene rings is 3. The largest absolute Gasteiger partial charge is 0.493 e. The number of para-hydroxylation sites is 3. The molecular weight excluding hydrogens is 404 g/mol. The van der Waals surface area contributed by atoms with Gasteiger partial charge in [0.1, 0.15) is 0 Å². The smallest absolute Gasteiger partial charge is 0.261 e. The number of nitrogens with one attached hydrogen (secondary N) is 2. The van der Waals surface area contributed by atoms with Crippen molar-refractivity contribution < 1.29 is 22.7 Å². The van der Waals surface area contributed by atoms with Crippen molar-refractivity contribution in [1.29, 1.82) is 0 Å². The normalized spacial score (nSPS) is 10.8. The maximum Gasteiger partial charge on any atom is 0.261 e. The predicted octanol–water partition coefficient (Wildman–Crippen LogP) is 3.90. The van der Waals surface area contributed by atoms with Gasteiger partial charge < -0.3 is 14.8 Å². The topological polar surface area (TPSA) is 93.7 Å². The fourth-order valence-electron chi connectivity index (χ4n) is 2.65. The van der Waals surface area contributed by atoms with Crippen LogP contribution in [0.2, 0.25) is 0 Å². The van der Waals surface area contributed by atoms with E-state index in [4.69, 9.17) is 9.47 Å². The highest BCUT2D eigenvalue weighted by Crippen LogP contribution is 2.25. The van der Waals surface area contributed by atoms with Crippen LogP contribution in [-0.2, 0) is 14.8 Å². The van der Waals surface area contributed by atoms with E-state index in [1.165, 1.54) is 12.1 Å². The van der Waals surface area contributed by atoms with E-state index >= 15 is 0 Å². The molecule has 0 heterocycles. The maximum atomic E-state index is 12.4. The van der Waals surface area contributed by atoms with E-state index in [0.29, 0.717) is 22.9 Å². The van der Waals surface area contributed by atoms with Gasteiger partial charge in [-0.3, -0.25) is 9.52 Å². The minimum Gasteiger partial charge on any atom is -0.493 e. The van der Waals surface area contributed by atoms with Gasteiger partial charge in [0.15, 0.2) is 11.5 Å². The lowest BCUT2D eigenvalue weighted by molar-refractivity contribution is -0.116. The van der Waals surface area contributed by atoms with Gasteiger partial charge >= 0.3 is 0 Å². The van der Waals surface area contributed by atoms with Crippen LogP contribution in [-0.4, -0.2) is 28.0 Å². The molecule has 0 fully saturated rings. The summed E-state index contributed by atoms with van der Waals surface area (Å²) in [7, 11) is -2.15. The number of ether oxygens (including phenoxy) is 2. The lowest BCUT2D eigenvalue weighted by Crippen LogP contribution is -2.16. The van der Waals surface area contributed by atoms with E-state index in [1.54, 1.807) is 61.7 Å². The van der Waals surface area contributed by atoms with Crippen molar-refractivity contribution in [2.75, 3.05) is 23.8 Å². The number of hydrogen-bond acceptors (Lipinski definition) is 5. The summed E-state index contributed by atoms with van der Waals surface area (Å²) in [6.45, 7) is 0.180. The van der Waals surface area contributed by atoms with E-state index in [-0.39, 0.29) is 23.8 Å². The van der Waals surface area contributed by atoms with Gasteiger partial charge in [-0.25, -0.2) is 8.42 Å². The molecule has 0 aliphatic heterocycles. The first-order chi connectivity index (χ1) is 14.5. The van der Waals surface area contributed by atoms with Crippen LogP contribution in [0.4, 0.5) is 11.4 Å². The number of carbonyl (C=O) groups excluding carboxylic acids is 1. The minimum atomic E-state index is -3.70. The number of hydrogen-bond donors (Lipinski definition) is 2. The Hall–Kier alpha value is -3.52. The van der Waals surface area contributed by atoms with Gasteiger partial charge in [0.25, 0.3) is 10.0 Å². The average Bonchev–Trinajstić information content (AvgIpc) is 2.75. The van der Waals surface area contributed by atoms with Crippen LogP contribution in [0.1, 0.15) is 6.42 Å². The second-order valence-corrected chi connectivity index (χ2v) is 7.98. The molecule has 2 N–H and O–H groups in total. The summed E-state index contributed by atoms with van der Waals surface area (Å²) in [5.41, 5.74) is 0.973. The fourth-order valence-corrected chi connectivity index (χ4v) is 3.71.